The molecule has 22 heavy (non-hydrogen) atoms. The Kier molecular flexibility index (Phi) is 4.90. The van der Waals surface area contributed by atoms with E-state index in [1.807, 2.05) is 35.0 Å². The topological polar surface area (TPSA) is 59.0 Å². The smallest absolute Gasteiger partial charge is 0.227 e. The van der Waals surface area contributed by atoms with Crippen LogP contribution in [-0.2, 0) is 11.3 Å². The number of rotatable bonds is 5. The van der Waals surface area contributed by atoms with E-state index in [0.717, 1.165) is 35.2 Å². The van der Waals surface area contributed by atoms with Gasteiger partial charge in [0.1, 0.15) is 5.82 Å². The van der Waals surface area contributed by atoms with Crippen LogP contribution in [0, 0.1) is 0 Å². The number of hydrogen-bond donors (Lipinski definition) is 2. The van der Waals surface area contributed by atoms with Crippen LogP contribution in [0.4, 0.5) is 5.82 Å². The van der Waals surface area contributed by atoms with Gasteiger partial charge in [0.2, 0.25) is 5.91 Å². The summed E-state index contributed by atoms with van der Waals surface area (Å²) in [5.41, 5.74) is 1.14. The molecule has 1 atom stereocenters. The van der Waals surface area contributed by atoms with Gasteiger partial charge >= 0.3 is 0 Å². The number of nitrogens with zero attached hydrogens (tertiary/aromatic N) is 2. The third kappa shape index (κ3) is 3.96. The Hall–Kier alpha value is -1.66. The summed E-state index contributed by atoms with van der Waals surface area (Å²) in [6, 6.07) is 10.2. The number of carbonyl (C=O) groups excluding carboxylic acids is 1. The van der Waals surface area contributed by atoms with E-state index in [2.05, 4.69) is 31.7 Å². The van der Waals surface area contributed by atoms with Crippen molar-refractivity contribution < 1.29 is 4.79 Å². The van der Waals surface area contributed by atoms with E-state index < -0.39 is 0 Å². The summed E-state index contributed by atoms with van der Waals surface area (Å²) >= 11 is 3.43. The second kappa shape index (κ2) is 7.07. The highest BCUT2D eigenvalue weighted by molar-refractivity contribution is 9.10. The van der Waals surface area contributed by atoms with Crippen molar-refractivity contribution in [3.05, 3.63) is 46.6 Å². The van der Waals surface area contributed by atoms with Gasteiger partial charge in [-0.1, -0.05) is 28.1 Å². The fraction of sp³-hybridized carbons (Fsp3) is 0.375. The van der Waals surface area contributed by atoms with Gasteiger partial charge in [-0.2, -0.15) is 5.10 Å². The molecule has 2 heterocycles. The maximum absolute atomic E-state index is 12.1. The lowest BCUT2D eigenvalue weighted by molar-refractivity contribution is -0.116. The van der Waals surface area contributed by atoms with Crippen molar-refractivity contribution in [3.8, 4) is 0 Å². The molecule has 5 nitrogen and oxygen atoms in total. The number of aromatic nitrogens is 2. The molecule has 0 saturated carbocycles. The van der Waals surface area contributed by atoms with Crippen LogP contribution in [0.1, 0.15) is 24.8 Å². The summed E-state index contributed by atoms with van der Waals surface area (Å²) < 4.78 is 2.86. The van der Waals surface area contributed by atoms with Crippen molar-refractivity contribution in [2.24, 2.45) is 0 Å². The van der Waals surface area contributed by atoms with Crippen LogP contribution in [0.3, 0.4) is 0 Å². The van der Waals surface area contributed by atoms with Crippen molar-refractivity contribution in [2.75, 3.05) is 11.9 Å². The minimum atomic E-state index is 0.0388. The van der Waals surface area contributed by atoms with E-state index in [1.54, 1.807) is 6.20 Å². The molecule has 3 rings (SSSR count). The molecule has 1 unspecified atom stereocenters. The first-order valence-corrected chi connectivity index (χ1v) is 8.29. The molecule has 2 N–H and O–H groups in total. The van der Waals surface area contributed by atoms with Crippen LogP contribution in [0.5, 0.6) is 0 Å². The number of hydrogen-bond acceptors (Lipinski definition) is 3. The van der Waals surface area contributed by atoms with Crippen LogP contribution in [0.15, 0.2) is 41.0 Å². The number of halogens is 1. The molecule has 6 heteroatoms. The van der Waals surface area contributed by atoms with Gasteiger partial charge in [0.15, 0.2) is 0 Å². The molecule has 2 aromatic rings. The first-order valence-electron chi connectivity index (χ1n) is 7.50. The molecule has 0 spiro atoms. The third-order valence-electron chi connectivity index (χ3n) is 3.82. The predicted molar refractivity (Wildman–Crippen MR) is 89.7 cm³/mol. The largest absolute Gasteiger partial charge is 0.313 e. The van der Waals surface area contributed by atoms with Gasteiger partial charge in [0, 0.05) is 23.0 Å². The first kappa shape index (κ1) is 15.2. The Bertz CT molecular complexity index is 632. The van der Waals surface area contributed by atoms with Gasteiger partial charge in [0.25, 0.3) is 0 Å². The Morgan fingerprint density at radius 3 is 2.91 bits per heavy atom. The zero-order chi connectivity index (χ0) is 15.4. The summed E-state index contributed by atoms with van der Waals surface area (Å²) in [6.07, 6.45) is 4.46. The van der Waals surface area contributed by atoms with Gasteiger partial charge in [-0.25, -0.2) is 4.68 Å². The molecule has 1 aromatic heterocycles. The summed E-state index contributed by atoms with van der Waals surface area (Å²) in [7, 11) is 0. The van der Waals surface area contributed by atoms with Crippen LogP contribution >= 0.6 is 15.9 Å². The quantitative estimate of drug-likeness (QED) is 0.859. The minimum absolute atomic E-state index is 0.0388. The van der Waals surface area contributed by atoms with Crippen molar-refractivity contribution in [3.63, 3.8) is 0 Å². The molecule has 1 amide bonds. The fourth-order valence-corrected chi connectivity index (χ4v) is 2.94. The Morgan fingerprint density at radius 1 is 1.36 bits per heavy atom. The van der Waals surface area contributed by atoms with Crippen molar-refractivity contribution >= 4 is 27.7 Å². The van der Waals surface area contributed by atoms with E-state index in [-0.39, 0.29) is 5.91 Å². The zero-order valence-corrected chi connectivity index (χ0v) is 13.8. The first-order chi connectivity index (χ1) is 10.7. The van der Waals surface area contributed by atoms with Gasteiger partial charge < -0.3 is 10.6 Å². The second-order valence-electron chi connectivity index (χ2n) is 5.55. The molecule has 1 fully saturated rings. The predicted octanol–water partition coefficient (Wildman–Crippen LogP) is 2.77. The van der Waals surface area contributed by atoms with Gasteiger partial charge in [-0.3, -0.25) is 4.79 Å². The van der Waals surface area contributed by atoms with Crippen molar-refractivity contribution in [2.45, 2.75) is 31.8 Å². The average molecular weight is 363 g/mol. The Balaban J connectivity index is 1.61. The number of benzene rings is 1. The van der Waals surface area contributed by atoms with E-state index in [0.29, 0.717) is 19.0 Å². The Morgan fingerprint density at radius 2 is 2.18 bits per heavy atom. The Labute approximate surface area is 138 Å². The number of nitrogens with one attached hydrogen (secondary N) is 2. The lowest BCUT2D eigenvalue weighted by Gasteiger charge is -2.12. The lowest BCUT2D eigenvalue weighted by Crippen LogP contribution is -2.28. The highest BCUT2D eigenvalue weighted by Crippen LogP contribution is 2.15. The van der Waals surface area contributed by atoms with Gasteiger partial charge in [-0.15, -0.1) is 0 Å². The normalized spacial score (nSPS) is 17.6. The maximum atomic E-state index is 12.1. The van der Waals surface area contributed by atoms with E-state index >= 15 is 0 Å². The molecule has 1 aliphatic rings. The molecule has 0 radical (unpaired) electrons. The SMILES string of the molecule is O=C(CC1CCCN1)Nc1ccnn1Cc1ccc(Br)cc1. The van der Waals surface area contributed by atoms with Crippen molar-refractivity contribution in [1.82, 2.24) is 15.1 Å². The minimum Gasteiger partial charge on any atom is -0.313 e. The monoisotopic (exact) mass is 362 g/mol. The highest BCUT2D eigenvalue weighted by Gasteiger charge is 2.18. The standard InChI is InChI=1S/C16H19BrN4O/c17-13-5-3-12(4-6-13)11-21-15(7-9-19-21)20-16(22)10-14-2-1-8-18-14/h3-7,9,14,18H,1-2,8,10-11H2,(H,20,22). The molecule has 116 valence electrons. The summed E-state index contributed by atoms with van der Waals surface area (Å²) in [4.78, 5) is 12.1. The maximum Gasteiger partial charge on any atom is 0.227 e. The summed E-state index contributed by atoms with van der Waals surface area (Å²) in [6.45, 7) is 1.65. The van der Waals surface area contributed by atoms with Crippen LogP contribution < -0.4 is 10.6 Å². The number of amides is 1. The van der Waals surface area contributed by atoms with E-state index in [4.69, 9.17) is 0 Å². The summed E-state index contributed by atoms with van der Waals surface area (Å²) in [5, 5.41) is 10.6. The molecule has 0 bridgehead atoms. The second-order valence-corrected chi connectivity index (χ2v) is 6.46. The zero-order valence-electron chi connectivity index (χ0n) is 12.3. The van der Waals surface area contributed by atoms with E-state index in [1.165, 1.54) is 0 Å². The molecule has 0 aliphatic carbocycles. The number of carbonyl (C=O) groups is 1. The van der Waals surface area contributed by atoms with Gasteiger partial charge in [0.05, 0.1) is 12.7 Å². The number of anilines is 1. The van der Waals surface area contributed by atoms with Crippen molar-refractivity contribution in [1.29, 1.82) is 0 Å². The van der Waals surface area contributed by atoms with Gasteiger partial charge in [-0.05, 0) is 37.1 Å². The van der Waals surface area contributed by atoms with Crippen LogP contribution in [0.2, 0.25) is 0 Å². The highest BCUT2D eigenvalue weighted by atomic mass is 79.9. The average Bonchev–Trinajstić information content (AvgIpc) is 3.14. The fourth-order valence-electron chi connectivity index (χ4n) is 2.68. The summed E-state index contributed by atoms with van der Waals surface area (Å²) in [5.74, 6) is 0.780. The van der Waals surface area contributed by atoms with Crippen LogP contribution in [-0.4, -0.2) is 28.3 Å². The molecule has 1 aliphatic heterocycles. The molecule has 1 saturated heterocycles. The molecular formula is C16H19BrN4O. The van der Waals surface area contributed by atoms with E-state index in [9.17, 15) is 4.79 Å². The van der Waals surface area contributed by atoms with Crippen LogP contribution in [0.25, 0.3) is 0 Å². The lowest BCUT2D eigenvalue weighted by atomic mass is 10.1. The third-order valence-corrected chi connectivity index (χ3v) is 4.35. The molecule has 1 aromatic carbocycles. The molecular weight excluding hydrogens is 344 g/mol.